The number of hydrogen-bond donors (Lipinski definition) is 0. The standard InChI is InChI=1S/C22H16/c1-3-9-17(10-4-1)19-13-7-16-22-20(14-8-15-21(19)22)18-11-5-2-6-12-18/h1-16H. The number of rotatable bonds is 2. The molecule has 22 heavy (non-hydrogen) atoms. The number of fused-ring (bicyclic) bond motifs is 1. The second-order valence-corrected chi connectivity index (χ2v) is 5.44. The second-order valence-electron chi connectivity index (χ2n) is 5.44. The third kappa shape index (κ3) is 2.19. The van der Waals surface area contributed by atoms with Gasteiger partial charge in [0.2, 0.25) is 0 Å². The van der Waals surface area contributed by atoms with Gasteiger partial charge < -0.3 is 0 Å². The van der Waals surface area contributed by atoms with E-state index in [0.717, 1.165) is 0 Å². The molecular formula is C22H16. The average molecular weight is 280 g/mol. The van der Waals surface area contributed by atoms with Crippen molar-refractivity contribution >= 4 is 10.8 Å². The van der Waals surface area contributed by atoms with E-state index in [1.165, 1.54) is 33.0 Å². The summed E-state index contributed by atoms with van der Waals surface area (Å²) in [5.41, 5.74) is 5.10. The smallest absolute Gasteiger partial charge is 0.00992 e. The Bertz CT molecular complexity index is 827. The van der Waals surface area contributed by atoms with E-state index in [1.54, 1.807) is 0 Å². The van der Waals surface area contributed by atoms with Gasteiger partial charge in [-0.25, -0.2) is 0 Å². The summed E-state index contributed by atoms with van der Waals surface area (Å²) in [5.74, 6) is 0. The highest BCUT2D eigenvalue weighted by Crippen LogP contribution is 2.34. The average Bonchev–Trinajstić information content (AvgIpc) is 2.62. The Hall–Kier alpha value is -2.86. The van der Waals surface area contributed by atoms with Gasteiger partial charge in [0, 0.05) is 0 Å². The maximum absolute atomic E-state index is 2.21. The van der Waals surface area contributed by atoms with Crippen LogP contribution in [0, 0.1) is 0 Å². The van der Waals surface area contributed by atoms with Gasteiger partial charge in [-0.1, -0.05) is 97.1 Å². The topological polar surface area (TPSA) is 0 Å². The highest BCUT2D eigenvalue weighted by Gasteiger charge is 2.07. The number of hydrogen-bond acceptors (Lipinski definition) is 0. The molecular weight excluding hydrogens is 264 g/mol. The lowest BCUT2D eigenvalue weighted by Gasteiger charge is -2.11. The van der Waals surface area contributed by atoms with E-state index in [-0.39, 0.29) is 0 Å². The normalized spacial score (nSPS) is 10.7. The Balaban J connectivity index is 2.00. The van der Waals surface area contributed by atoms with Crippen molar-refractivity contribution in [3.63, 3.8) is 0 Å². The van der Waals surface area contributed by atoms with Gasteiger partial charge in [-0.2, -0.15) is 0 Å². The van der Waals surface area contributed by atoms with Crippen LogP contribution in [0.3, 0.4) is 0 Å². The van der Waals surface area contributed by atoms with Crippen LogP contribution in [0.2, 0.25) is 0 Å². The largest absolute Gasteiger partial charge is 0.0622 e. The summed E-state index contributed by atoms with van der Waals surface area (Å²) in [7, 11) is 0. The molecule has 0 aromatic heterocycles. The molecule has 4 aromatic rings. The summed E-state index contributed by atoms with van der Waals surface area (Å²) >= 11 is 0. The van der Waals surface area contributed by atoms with Crippen LogP contribution in [0.15, 0.2) is 97.1 Å². The highest BCUT2D eigenvalue weighted by molar-refractivity contribution is 6.04. The SMILES string of the molecule is c1ccc(-c2cccc3c(-c4ccccc4)cccc23)cc1. The molecule has 4 rings (SSSR count). The fourth-order valence-corrected chi connectivity index (χ4v) is 3.05. The first kappa shape index (κ1) is 12.8. The Kier molecular flexibility index (Phi) is 3.21. The predicted octanol–water partition coefficient (Wildman–Crippen LogP) is 6.17. The fraction of sp³-hybridized carbons (Fsp3) is 0. The van der Waals surface area contributed by atoms with E-state index in [1.807, 2.05) is 0 Å². The van der Waals surface area contributed by atoms with Gasteiger partial charge in [-0.3, -0.25) is 0 Å². The molecule has 0 amide bonds. The molecule has 0 saturated carbocycles. The van der Waals surface area contributed by atoms with E-state index < -0.39 is 0 Å². The Labute approximate surface area is 130 Å². The third-order valence-electron chi connectivity index (χ3n) is 4.09. The van der Waals surface area contributed by atoms with Gasteiger partial charge in [0.1, 0.15) is 0 Å². The molecule has 0 saturated heterocycles. The zero-order valence-corrected chi connectivity index (χ0v) is 12.2. The Morgan fingerprint density at radius 2 is 0.727 bits per heavy atom. The minimum absolute atomic E-state index is 1.26. The maximum Gasteiger partial charge on any atom is -0.00992 e. The minimum atomic E-state index is 1.26. The van der Waals surface area contributed by atoms with E-state index in [0.29, 0.717) is 0 Å². The molecule has 0 fully saturated rings. The zero-order valence-electron chi connectivity index (χ0n) is 12.2. The van der Waals surface area contributed by atoms with Crippen LogP contribution in [0.4, 0.5) is 0 Å². The first-order chi connectivity index (χ1) is 10.9. The third-order valence-corrected chi connectivity index (χ3v) is 4.09. The van der Waals surface area contributed by atoms with Crippen LogP contribution in [-0.2, 0) is 0 Å². The van der Waals surface area contributed by atoms with Gasteiger partial charge in [0.15, 0.2) is 0 Å². The zero-order chi connectivity index (χ0) is 14.8. The molecule has 0 radical (unpaired) electrons. The molecule has 0 spiro atoms. The molecule has 0 aliphatic rings. The molecule has 0 heterocycles. The van der Waals surface area contributed by atoms with Crippen molar-refractivity contribution in [3.05, 3.63) is 97.1 Å². The summed E-state index contributed by atoms with van der Waals surface area (Å²) in [5, 5.41) is 2.60. The van der Waals surface area contributed by atoms with Crippen molar-refractivity contribution in [2.24, 2.45) is 0 Å². The first-order valence-electron chi connectivity index (χ1n) is 7.56. The quantitative estimate of drug-likeness (QED) is 0.411. The van der Waals surface area contributed by atoms with Crippen molar-refractivity contribution in [2.45, 2.75) is 0 Å². The second kappa shape index (κ2) is 5.50. The van der Waals surface area contributed by atoms with Gasteiger partial charge in [-0.05, 0) is 33.0 Å². The lowest BCUT2D eigenvalue weighted by Crippen LogP contribution is -1.84. The van der Waals surface area contributed by atoms with Gasteiger partial charge in [-0.15, -0.1) is 0 Å². The summed E-state index contributed by atoms with van der Waals surface area (Å²) < 4.78 is 0. The van der Waals surface area contributed by atoms with Crippen molar-refractivity contribution in [3.8, 4) is 22.3 Å². The molecule has 0 atom stereocenters. The molecule has 0 aliphatic heterocycles. The first-order valence-corrected chi connectivity index (χ1v) is 7.56. The molecule has 0 heteroatoms. The Morgan fingerprint density at radius 3 is 1.14 bits per heavy atom. The number of benzene rings is 4. The van der Waals surface area contributed by atoms with Gasteiger partial charge >= 0.3 is 0 Å². The van der Waals surface area contributed by atoms with Crippen LogP contribution in [0.25, 0.3) is 33.0 Å². The summed E-state index contributed by atoms with van der Waals surface area (Å²) in [6.07, 6.45) is 0. The van der Waals surface area contributed by atoms with Crippen LogP contribution in [0.1, 0.15) is 0 Å². The van der Waals surface area contributed by atoms with E-state index in [2.05, 4.69) is 97.1 Å². The monoisotopic (exact) mass is 280 g/mol. The maximum atomic E-state index is 2.21. The Morgan fingerprint density at radius 1 is 0.318 bits per heavy atom. The van der Waals surface area contributed by atoms with E-state index >= 15 is 0 Å². The molecule has 0 nitrogen and oxygen atoms in total. The summed E-state index contributed by atoms with van der Waals surface area (Å²) in [6, 6.07) is 34.3. The molecule has 0 N–H and O–H groups in total. The van der Waals surface area contributed by atoms with E-state index in [4.69, 9.17) is 0 Å². The molecule has 0 bridgehead atoms. The predicted molar refractivity (Wildman–Crippen MR) is 94.8 cm³/mol. The van der Waals surface area contributed by atoms with Crippen molar-refractivity contribution in [1.29, 1.82) is 0 Å². The lowest BCUT2D eigenvalue weighted by atomic mass is 9.93. The summed E-state index contributed by atoms with van der Waals surface area (Å²) in [6.45, 7) is 0. The van der Waals surface area contributed by atoms with Crippen molar-refractivity contribution < 1.29 is 0 Å². The van der Waals surface area contributed by atoms with Crippen LogP contribution < -0.4 is 0 Å². The minimum Gasteiger partial charge on any atom is -0.0622 e. The molecule has 104 valence electrons. The van der Waals surface area contributed by atoms with Crippen LogP contribution >= 0.6 is 0 Å². The molecule has 4 aromatic carbocycles. The van der Waals surface area contributed by atoms with Crippen LogP contribution in [0.5, 0.6) is 0 Å². The van der Waals surface area contributed by atoms with Crippen molar-refractivity contribution in [2.75, 3.05) is 0 Å². The highest BCUT2D eigenvalue weighted by atomic mass is 14.1. The fourth-order valence-electron chi connectivity index (χ4n) is 3.05. The van der Waals surface area contributed by atoms with Crippen molar-refractivity contribution in [1.82, 2.24) is 0 Å². The molecule has 0 aliphatic carbocycles. The van der Waals surface area contributed by atoms with E-state index in [9.17, 15) is 0 Å². The van der Waals surface area contributed by atoms with Crippen LogP contribution in [-0.4, -0.2) is 0 Å². The van der Waals surface area contributed by atoms with Gasteiger partial charge in [0.05, 0.1) is 0 Å². The lowest BCUT2D eigenvalue weighted by molar-refractivity contribution is 1.63. The van der Waals surface area contributed by atoms with Gasteiger partial charge in [0.25, 0.3) is 0 Å². The molecule has 0 unspecified atom stereocenters. The summed E-state index contributed by atoms with van der Waals surface area (Å²) in [4.78, 5) is 0.